The molecule has 0 fully saturated rings. The van der Waals surface area contributed by atoms with Crippen LogP contribution in [0, 0.1) is 6.92 Å². The van der Waals surface area contributed by atoms with Crippen LogP contribution in [0.4, 0.5) is 5.69 Å². The number of rotatable bonds is 3. The van der Waals surface area contributed by atoms with E-state index in [-0.39, 0.29) is 5.91 Å². The highest BCUT2D eigenvalue weighted by Gasteiger charge is 2.05. The molecule has 0 aliphatic carbocycles. The number of aromatic nitrogens is 1. The van der Waals surface area contributed by atoms with E-state index in [4.69, 9.17) is 0 Å². The maximum absolute atomic E-state index is 11.6. The number of carbonyl (C=O) groups excluding carboxylic acids is 1. The number of nitrogens with zero attached hydrogens (tertiary/aromatic N) is 2. The van der Waals surface area contributed by atoms with Crippen LogP contribution in [-0.4, -0.2) is 36.4 Å². The van der Waals surface area contributed by atoms with Crippen LogP contribution in [0.5, 0.6) is 0 Å². The van der Waals surface area contributed by atoms with Gasteiger partial charge in [0.1, 0.15) is 0 Å². The summed E-state index contributed by atoms with van der Waals surface area (Å²) in [5, 5.41) is 3.90. The number of hydrogen-bond donors (Lipinski definition) is 1. The van der Waals surface area contributed by atoms with Crippen LogP contribution in [0.1, 0.15) is 5.01 Å². The van der Waals surface area contributed by atoms with E-state index in [1.165, 1.54) is 0 Å². The Labute approximate surface area is 104 Å². The molecular weight excluding hydrogens is 234 g/mol. The molecule has 5 heteroatoms. The Kier molecular flexibility index (Phi) is 3.40. The number of anilines is 1. The Balaban J connectivity index is 2.16. The molecule has 0 saturated carbocycles. The first kappa shape index (κ1) is 12.0. The fourth-order valence-corrected chi connectivity index (χ4v) is 2.42. The van der Waals surface area contributed by atoms with Gasteiger partial charge in [0.2, 0.25) is 5.91 Å². The lowest BCUT2D eigenvalue weighted by atomic mass is 10.3. The third-order valence-electron chi connectivity index (χ3n) is 2.24. The van der Waals surface area contributed by atoms with Crippen LogP contribution >= 0.6 is 11.3 Å². The summed E-state index contributed by atoms with van der Waals surface area (Å²) in [6.45, 7) is 2.36. The molecule has 0 spiro atoms. The normalized spacial score (nSPS) is 11.1. The molecule has 0 unspecified atom stereocenters. The molecule has 2 aromatic rings. The molecule has 0 radical (unpaired) electrons. The highest BCUT2D eigenvalue weighted by molar-refractivity contribution is 7.18. The summed E-state index contributed by atoms with van der Waals surface area (Å²) in [6, 6.07) is 5.81. The first-order valence-electron chi connectivity index (χ1n) is 5.36. The number of thiazole rings is 1. The van der Waals surface area contributed by atoms with Crippen molar-refractivity contribution < 1.29 is 4.79 Å². The molecule has 4 nitrogen and oxygen atoms in total. The Hall–Kier alpha value is -1.46. The number of fused-ring (bicyclic) bond motifs is 1. The van der Waals surface area contributed by atoms with Gasteiger partial charge < -0.3 is 10.2 Å². The average molecular weight is 249 g/mol. The van der Waals surface area contributed by atoms with E-state index in [1.54, 1.807) is 11.3 Å². The number of aryl methyl sites for hydroxylation is 1. The van der Waals surface area contributed by atoms with Crippen molar-refractivity contribution in [2.75, 3.05) is 26.0 Å². The zero-order valence-corrected chi connectivity index (χ0v) is 11.0. The standard InChI is InChI=1S/C12H15N3OS/c1-8-13-10-6-9(4-5-11(10)17-8)14-12(16)7-15(2)3/h4-6H,7H2,1-3H3,(H,14,16). The summed E-state index contributed by atoms with van der Waals surface area (Å²) in [7, 11) is 3.74. The van der Waals surface area contributed by atoms with Gasteiger partial charge in [-0.1, -0.05) is 0 Å². The highest BCUT2D eigenvalue weighted by Crippen LogP contribution is 2.24. The molecule has 2 rings (SSSR count). The molecule has 1 aromatic heterocycles. The van der Waals surface area contributed by atoms with Gasteiger partial charge in [-0.05, 0) is 39.2 Å². The fourth-order valence-electron chi connectivity index (χ4n) is 1.61. The van der Waals surface area contributed by atoms with Gasteiger partial charge in [-0.3, -0.25) is 4.79 Å². The third kappa shape index (κ3) is 3.01. The number of likely N-dealkylation sites (N-methyl/N-ethyl adjacent to an activating group) is 1. The molecule has 90 valence electrons. The zero-order chi connectivity index (χ0) is 12.4. The second-order valence-corrected chi connectivity index (χ2v) is 5.44. The van der Waals surface area contributed by atoms with Crippen molar-refractivity contribution in [1.82, 2.24) is 9.88 Å². The van der Waals surface area contributed by atoms with E-state index >= 15 is 0 Å². The summed E-state index contributed by atoms with van der Waals surface area (Å²) in [6.07, 6.45) is 0. The molecular formula is C12H15N3OS. The van der Waals surface area contributed by atoms with Crippen LogP contribution in [-0.2, 0) is 4.79 Å². The van der Waals surface area contributed by atoms with Crippen LogP contribution in [0.15, 0.2) is 18.2 Å². The van der Waals surface area contributed by atoms with Crippen molar-refractivity contribution in [1.29, 1.82) is 0 Å². The SMILES string of the molecule is Cc1nc2cc(NC(=O)CN(C)C)ccc2s1. The van der Waals surface area contributed by atoms with Gasteiger partial charge in [0.15, 0.2) is 0 Å². The van der Waals surface area contributed by atoms with Crippen LogP contribution in [0.25, 0.3) is 10.2 Å². The van der Waals surface area contributed by atoms with Gasteiger partial charge in [-0.15, -0.1) is 11.3 Å². The lowest BCUT2D eigenvalue weighted by molar-refractivity contribution is -0.116. The minimum Gasteiger partial charge on any atom is -0.325 e. The van der Waals surface area contributed by atoms with Gasteiger partial charge in [0, 0.05) is 5.69 Å². The van der Waals surface area contributed by atoms with Crippen molar-refractivity contribution >= 4 is 33.1 Å². The number of benzene rings is 1. The predicted octanol–water partition coefficient (Wildman–Crippen LogP) is 2.10. The first-order valence-corrected chi connectivity index (χ1v) is 6.18. The predicted molar refractivity (Wildman–Crippen MR) is 71.5 cm³/mol. The van der Waals surface area contributed by atoms with Crippen molar-refractivity contribution in [2.24, 2.45) is 0 Å². The number of nitrogens with one attached hydrogen (secondary N) is 1. The maximum Gasteiger partial charge on any atom is 0.238 e. The largest absolute Gasteiger partial charge is 0.325 e. The molecule has 1 aromatic carbocycles. The smallest absolute Gasteiger partial charge is 0.238 e. The Bertz CT molecular complexity index is 548. The van der Waals surface area contributed by atoms with Crippen molar-refractivity contribution in [3.63, 3.8) is 0 Å². The zero-order valence-electron chi connectivity index (χ0n) is 10.2. The minimum absolute atomic E-state index is 0.0127. The van der Waals surface area contributed by atoms with E-state index in [2.05, 4.69) is 10.3 Å². The molecule has 0 aliphatic rings. The van der Waals surface area contributed by atoms with Crippen LogP contribution < -0.4 is 5.32 Å². The molecule has 0 aliphatic heterocycles. The van der Waals surface area contributed by atoms with E-state index in [0.717, 1.165) is 20.9 Å². The lowest BCUT2D eigenvalue weighted by Gasteiger charge is -2.09. The quantitative estimate of drug-likeness (QED) is 0.906. The van der Waals surface area contributed by atoms with Crippen LogP contribution in [0.2, 0.25) is 0 Å². The summed E-state index contributed by atoms with van der Waals surface area (Å²) in [5.41, 5.74) is 1.74. The summed E-state index contributed by atoms with van der Waals surface area (Å²) < 4.78 is 1.15. The van der Waals surface area contributed by atoms with Crippen molar-refractivity contribution in [3.05, 3.63) is 23.2 Å². The maximum atomic E-state index is 11.6. The van der Waals surface area contributed by atoms with Gasteiger partial charge in [-0.2, -0.15) is 0 Å². The molecule has 1 amide bonds. The molecule has 0 bridgehead atoms. The lowest BCUT2D eigenvalue weighted by Crippen LogP contribution is -2.27. The number of hydrogen-bond acceptors (Lipinski definition) is 4. The third-order valence-corrected chi connectivity index (χ3v) is 3.19. The van der Waals surface area contributed by atoms with Gasteiger partial charge in [-0.25, -0.2) is 4.98 Å². The monoisotopic (exact) mass is 249 g/mol. The van der Waals surface area contributed by atoms with Gasteiger partial charge in [0.25, 0.3) is 0 Å². The fraction of sp³-hybridized carbons (Fsp3) is 0.333. The number of amides is 1. The second kappa shape index (κ2) is 4.81. The summed E-state index contributed by atoms with van der Waals surface area (Å²) in [4.78, 5) is 17.8. The van der Waals surface area contributed by atoms with E-state index in [1.807, 2.05) is 44.1 Å². The molecule has 1 N–H and O–H groups in total. The topological polar surface area (TPSA) is 45.2 Å². The second-order valence-electron chi connectivity index (χ2n) is 4.20. The minimum atomic E-state index is -0.0127. The van der Waals surface area contributed by atoms with Gasteiger partial charge >= 0.3 is 0 Å². The van der Waals surface area contributed by atoms with E-state index < -0.39 is 0 Å². The Morgan fingerprint density at radius 2 is 2.24 bits per heavy atom. The molecule has 0 saturated heterocycles. The molecule has 0 atom stereocenters. The highest BCUT2D eigenvalue weighted by atomic mass is 32.1. The molecule has 1 heterocycles. The average Bonchev–Trinajstić information content (AvgIpc) is 2.55. The van der Waals surface area contributed by atoms with Crippen molar-refractivity contribution in [3.8, 4) is 0 Å². The molecule has 17 heavy (non-hydrogen) atoms. The summed E-state index contributed by atoms with van der Waals surface area (Å²) in [5.74, 6) is -0.0127. The summed E-state index contributed by atoms with van der Waals surface area (Å²) >= 11 is 1.66. The Morgan fingerprint density at radius 3 is 2.94 bits per heavy atom. The Morgan fingerprint density at radius 1 is 1.47 bits per heavy atom. The van der Waals surface area contributed by atoms with Crippen molar-refractivity contribution in [2.45, 2.75) is 6.92 Å². The van der Waals surface area contributed by atoms with E-state index in [0.29, 0.717) is 6.54 Å². The van der Waals surface area contributed by atoms with Crippen LogP contribution in [0.3, 0.4) is 0 Å². The van der Waals surface area contributed by atoms with E-state index in [9.17, 15) is 4.79 Å². The first-order chi connectivity index (χ1) is 8.04. The van der Waals surface area contributed by atoms with Gasteiger partial charge in [0.05, 0.1) is 21.8 Å². The number of carbonyl (C=O) groups is 1.